The maximum atomic E-state index is 12.2. The highest BCUT2D eigenvalue weighted by molar-refractivity contribution is 6.09. The zero-order chi connectivity index (χ0) is 16.3. The number of amides is 2. The van der Waals surface area contributed by atoms with Crippen molar-refractivity contribution in [2.24, 2.45) is 0 Å². The average molecular weight is 304 g/mol. The maximum absolute atomic E-state index is 12.2. The third-order valence-electron chi connectivity index (χ3n) is 4.43. The number of aryl methyl sites for hydroxylation is 2. The number of rotatable bonds is 1. The molecule has 0 aliphatic carbocycles. The zero-order valence-electron chi connectivity index (χ0n) is 12.4. The zero-order valence-corrected chi connectivity index (χ0v) is 12.4. The first-order valence-electron chi connectivity index (χ1n) is 6.81. The Kier molecular flexibility index (Phi) is 2.85. The number of imide groups is 1. The molecule has 1 aromatic carbocycles. The number of fused-ring (bicyclic) bond motifs is 1. The van der Waals surface area contributed by atoms with Crippen molar-refractivity contribution in [3.05, 3.63) is 16.7 Å². The summed E-state index contributed by atoms with van der Waals surface area (Å²) in [4.78, 5) is 27.7. The van der Waals surface area contributed by atoms with E-state index in [-0.39, 0.29) is 35.3 Å². The van der Waals surface area contributed by atoms with Gasteiger partial charge in [-0.1, -0.05) is 0 Å². The second-order valence-corrected chi connectivity index (χ2v) is 5.63. The largest absolute Gasteiger partial charge is 0.504 e. The van der Waals surface area contributed by atoms with Gasteiger partial charge in [-0.15, -0.1) is 0 Å². The number of nitrogens with zero attached hydrogens (tertiary/aromatic N) is 1. The number of benzene rings is 1. The van der Waals surface area contributed by atoms with Gasteiger partial charge in [0.2, 0.25) is 11.8 Å². The Morgan fingerprint density at radius 2 is 1.68 bits per heavy atom. The SMILES string of the molecule is Cc1c(O)c(O)c(C)c2c(C3CC(=O)N(C)C3=O)c(O)[nH]c12. The van der Waals surface area contributed by atoms with Crippen LogP contribution in [0.3, 0.4) is 0 Å². The highest BCUT2D eigenvalue weighted by Crippen LogP contribution is 2.46. The molecular weight excluding hydrogens is 288 g/mol. The van der Waals surface area contributed by atoms with Gasteiger partial charge in [0.25, 0.3) is 0 Å². The standard InChI is InChI=1S/C15H16N2O5/c1-5-9-10(7-4-8(18)17(3)15(7)22)14(21)16-11(9)6(2)13(20)12(5)19/h7,16,19-21H,4H2,1-3H3. The number of phenolic OH excluding ortho intramolecular Hbond substituents is 2. The van der Waals surface area contributed by atoms with Crippen molar-refractivity contribution >= 4 is 22.7 Å². The Morgan fingerprint density at radius 3 is 2.23 bits per heavy atom. The molecule has 0 spiro atoms. The van der Waals surface area contributed by atoms with Crippen molar-refractivity contribution in [2.75, 3.05) is 7.05 Å². The van der Waals surface area contributed by atoms with Gasteiger partial charge in [0.15, 0.2) is 17.4 Å². The minimum Gasteiger partial charge on any atom is -0.504 e. The molecular formula is C15H16N2O5. The Hall–Kier alpha value is -2.70. The Bertz CT molecular complexity index is 837. The first-order valence-corrected chi connectivity index (χ1v) is 6.81. The molecule has 0 bridgehead atoms. The maximum Gasteiger partial charge on any atom is 0.237 e. The number of nitrogens with one attached hydrogen (secondary N) is 1. The Labute approximate surface area is 125 Å². The second kappa shape index (κ2) is 4.40. The number of aromatic hydroxyl groups is 3. The van der Waals surface area contributed by atoms with E-state index < -0.39 is 11.8 Å². The Morgan fingerprint density at radius 1 is 1.09 bits per heavy atom. The van der Waals surface area contributed by atoms with Crippen LogP contribution in [0.5, 0.6) is 17.4 Å². The number of hydrogen-bond acceptors (Lipinski definition) is 5. The fourth-order valence-corrected chi connectivity index (χ4v) is 3.08. The summed E-state index contributed by atoms with van der Waals surface area (Å²) in [6.07, 6.45) is -0.0318. The number of hydrogen-bond donors (Lipinski definition) is 4. The minimum absolute atomic E-state index is 0.0318. The molecule has 7 nitrogen and oxygen atoms in total. The molecule has 7 heteroatoms. The van der Waals surface area contributed by atoms with Crippen molar-refractivity contribution in [1.29, 1.82) is 0 Å². The van der Waals surface area contributed by atoms with Crippen LogP contribution in [0.15, 0.2) is 0 Å². The van der Waals surface area contributed by atoms with Gasteiger partial charge < -0.3 is 20.3 Å². The fourth-order valence-electron chi connectivity index (χ4n) is 3.08. The molecule has 1 fully saturated rings. The van der Waals surface area contributed by atoms with Gasteiger partial charge in [0.1, 0.15) is 0 Å². The summed E-state index contributed by atoms with van der Waals surface area (Å²) in [5, 5.41) is 30.6. The van der Waals surface area contributed by atoms with Crippen molar-refractivity contribution in [1.82, 2.24) is 9.88 Å². The van der Waals surface area contributed by atoms with Crippen LogP contribution in [0.25, 0.3) is 10.9 Å². The molecule has 1 aromatic heterocycles. The summed E-state index contributed by atoms with van der Waals surface area (Å²) in [6.45, 7) is 3.17. The van der Waals surface area contributed by atoms with Crippen LogP contribution in [0.4, 0.5) is 0 Å². The average Bonchev–Trinajstić information content (AvgIpc) is 2.95. The number of aromatic nitrogens is 1. The number of carbonyl (C=O) groups is 2. The highest BCUT2D eigenvalue weighted by atomic mass is 16.3. The third-order valence-corrected chi connectivity index (χ3v) is 4.43. The van der Waals surface area contributed by atoms with Gasteiger partial charge >= 0.3 is 0 Å². The van der Waals surface area contributed by atoms with E-state index in [9.17, 15) is 24.9 Å². The summed E-state index contributed by atoms with van der Waals surface area (Å²) in [5.74, 6) is -2.31. The van der Waals surface area contributed by atoms with E-state index in [0.29, 0.717) is 22.0 Å². The summed E-state index contributed by atoms with van der Waals surface area (Å²) in [6, 6.07) is 0. The second-order valence-electron chi connectivity index (χ2n) is 5.63. The van der Waals surface area contributed by atoms with Crippen LogP contribution in [0.1, 0.15) is 29.0 Å². The van der Waals surface area contributed by atoms with E-state index >= 15 is 0 Å². The molecule has 22 heavy (non-hydrogen) atoms. The molecule has 0 radical (unpaired) electrons. The minimum atomic E-state index is -0.798. The fraction of sp³-hybridized carbons (Fsp3) is 0.333. The van der Waals surface area contributed by atoms with E-state index in [2.05, 4.69) is 4.98 Å². The molecule has 3 rings (SSSR count). The molecule has 2 aromatic rings. The van der Waals surface area contributed by atoms with Gasteiger partial charge in [0.05, 0.1) is 11.4 Å². The smallest absolute Gasteiger partial charge is 0.237 e. The highest BCUT2D eigenvalue weighted by Gasteiger charge is 2.40. The number of phenols is 2. The van der Waals surface area contributed by atoms with Crippen LogP contribution in [-0.2, 0) is 9.59 Å². The van der Waals surface area contributed by atoms with Gasteiger partial charge in [-0.25, -0.2) is 0 Å². The first-order chi connectivity index (χ1) is 10.3. The van der Waals surface area contributed by atoms with Crippen molar-refractivity contribution in [2.45, 2.75) is 26.2 Å². The van der Waals surface area contributed by atoms with Gasteiger partial charge in [-0.3, -0.25) is 14.5 Å². The van der Waals surface area contributed by atoms with E-state index in [1.54, 1.807) is 13.8 Å². The lowest BCUT2D eigenvalue weighted by Gasteiger charge is -2.12. The number of likely N-dealkylation sites (tertiary alicyclic amines) is 1. The lowest BCUT2D eigenvalue weighted by atomic mass is 9.92. The molecule has 4 N–H and O–H groups in total. The van der Waals surface area contributed by atoms with Gasteiger partial charge in [-0.2, -0.15) is 0 Å². The van der Waals surface area contributed by atoms with Crippen LogP contribution in [0, 0.1) is 13.8 Å². The van der Waals surface area contributed by atoms with Gasteiger partial charge in [-0.05, 0) is 13.8 Å². The number of likely N-dealkylation sites (N-methyl/N-ethyl adjacent to an activating group) is 1. The number of aromatic amines is 1. The first kappa shape index (κ1) is 14.2. The number of carbonyl (C=O) groups excluding carboxylic acids is 2. The summed E-state index contributed by atoms with van der Waals surface area (Å²) < 4.78 is 0. The summed E-state index contributed by atoms with van der Waals surface area (Å²) in [7, 11) is 1.40. The topological polar surface area (TPSA) is 114 Å². The lowest BCUT2D eigenvalue weighted by molar-refractivity contribution is -0.137. The summed E-state index contributed by atoms with van der Waals surface area (Å²) >= 11 is 0. The molecule has 116 valence electrons. The molecule has 2 amide bonds. The molecule has 1 atom stereocenters. The quantitative estimate of drug-likeness (QED) is 0.469. The van der Waals surface area contributed by atoms with Crippen LogP contribution in [-0.4, -0.2) is 44.1 Å². The van der Waals surface area contributed by atoms with E-state index in [4.69, 9.17) is 0 Å². The van der Waals surface area contributed by atoms with E-state index in [1.807, 2.05) is 0 Å². The predicted octanol–water partition coefficient (Wildman–Crippen LogP) is 1.37. The molecule has 0 saturated carbocycles. The number of H-pyrrole nitrogens is 1. The monoisotopic (exact) mass is 304 g/mol. The van der Waals surface area contributed by atoms with Crippen LogP contribution in [0.2, 0.25) is 0 Å². The molecule has 1 unspecified atom stereocenters. The summed E-state index contributed by atoms with van der Waals surface area (Å²) in [5.41, 5.74) is 1.44. The third kappa shape index (κ3) is 1.62. The Balaban J connectivity index is 2.35. The van der Waals surface area contributed by atoms with Crippen LogP contribution < -0.4 is 0 Å². The molecule has 1 saturated heterocycles. The molecule has 1 aliphatic rings. The molecule has 1 aliphatic heterocycles. The van der Waals surface area contributed by atoms with Crippen molar-refractivity contribution in [3.8, 4) is 17.4 Å². The van der Waals surface area contributed by atoms with Gasteiger partial charge in [0, 0.05) is 35.5 Å². The predicted molar refractivity (Wildman–Crippen MR) is 77.9 cm³/mol. The van der Waals surface area contributed by atoms with E-state index in [0.717, 1.165) is 4.90 Å². The lowest BCUT2D eigenvalue weighted by Crippen LogP contribution is -2.25. The van der Waals surface area contributed by atoms with Crippen molar-refractivity contribution in [3.63, 3.8) is 0 Å². The normalized spacial score (nSPS) is 18.7. The van der Waals surface area contributed by atoms with Crippen LogP contribution >= 0.6 is 0 Å². The van der Waals surface area contributed by atoms with E-state index in [1.165, 1.54) is 7.05 Å². The molecule has 2 heterocycles. The van der Waals surface area contributed by atoms with Crippen molar-refractivity contribution < 1.29 is 24.9 Å².